The van der Waals surface area contributed by atoms with E-state index in [1.165, 1.54) is 0 Å². The Morgan fingerprint density at radius 2 is 1.28 bits per heavy atom. The van der Waals surface area contributed by atoms with Gasteiger partial charge in [-0.05, 0) is 6.42 Å². The maximum Gasteiger partial charge on any atom is 0.403 e. The summed E-state index contributed by atoms with van der Waals surface area (Å²) < 4.78 is 73.3. The van der Waals surface area contributed by atoms with Gasteiger partial charge in [-0.3, -0.25) is 0 Å². The van der Waals surface area contributed by atoms with E-state index in [4.69, 9.17) is 5.11 Å². The van der Waals surface area contributed by atoms with Crippen LogP contribution in [-0.4, -0.2) is 23.6 Å². The fraction of sp³-hybridized carbons (Fsp3) is 1.00. The number of hydrogen-bond acceptors (Lipinski definition) is 1. The van der Waals surface area contributed by atoms with Gasteiger partial charge in [-0.1, -0.05) is 39.0 Å². The highest BCUT2D eigenvalue weighted by atomic mass is 19.4. The summed E-state index contributed by atoms with van der Waals surface area (Å²) in [5.41, 5.74) is 0. The van der Waals surface area contributed by atoms with E-state index in [0.29, 0.717) is 6.42 Å². The molecule has 0 aromatic rings. The van der Waals surface area contributed by atoms with Crippen molar-refractivity contribution in [2.75, 3.05) is 0 Å². The Labute approximate surface area is 102 Å². The fourth-order valence-corrected chi connectivity index (χ4v) is 1.75. The number of halogens is 6. The maximum atomic E-state index is 12.2. The highest BCUT2D eigenvalue weighted by molar-refractivity contribution is 4.82. The third-order valence-electron chi connectivity index (χ3n) is 2.69. The first kappa shape index (κ1) is 17.5. The molecule has 0 saturated heterocycles. The van der Waals surface area contributed by atoms with Gasteiger partial charge in [0.2, 0.25) is 0 Å². The van der Waals surface area contributed by atoms with Gasteiger partial charge in [0.1, 0.15) is 0 Å². The molecule has 0 rings (SSSR count). The van der Waals surface area contributed by atoms with Crippen LogP contribution in [0.15, 0.2) is 0 Å². The van der Waals surface area contributed by atoms with Crippen LogP contribution in [0.5, 0.6) is 0 Å². The minimum absolute atomic E-state index is 0.170. The van der Waals surface area contributed by atoms with E-state index in [2.05, 4.69) is 0 Å². The Morgan fingerprint density at radius 1 is 0.833 bits per heavy atom. The predicted octanol–water partition coefficient (Wildman–Crippen LogP) is 4.45. The molecule has 1 nitrogen and oxygen atoms in total. The molecule has 0 fully saturated rings. The molecule has 0 aliphatic heterocycles. The normalized spacial score (nSPS) is 15.2. The molecule has 1 unspecified atom stereocenters. The first-order chi connectivity index (χ1) is 8.10. The van der Waals surface area contributed by atoms with Crippen molar-refractivity contribution in [3.8, 4) is 0 Å². The van der Waals surface area contributed by atoms with Crippen LogP contribution in [0.3, 0.4) is 0 Å². The lowest BCUT2D eigenvalue weighted by Crippen LogP contribution is -2.44. The van der Waals surface area contributed by atoms with E-state index < -0.39 is 30.8 Å². The van der Waals surface area contributed by atoms with Crippen molar-refractivity contribution in [2.24, 2.45) is 5.92 Å². The standard InChI is InChI=1S/C11H18F6O/c1-2-3-4-5-6-7-8(18)9(10(12,13)14)11(15,16)17/h8-9,18H,2-7H2,1H3. The number of hydrogen-bond donors (Lipinski definition) is 1. The summed E-state index contributed by atoms with van der Waals surface area (Å²) in [6, 6.07) is 0. The van der Waals surface area contributed by atoms with Gasteiger partial charge < -0.3 is 5.11 Å². The van der Waals surface area contributed by atoms with E-state index in [0.717, 1.165) is 19.3 Å². The monoisotopic (exact) mass is 280 g/mol. The van der Waals surface area contributed by atoms with Gasteiger partial charge in [0.25, 0.3) is 0 Å². The van der Waals surface area contributed by atoms with Crippen molar-refractivity contribution in [3.05, 3.63) is 0 Å². The summed E-state index contributed by atoms with van der Waals surface area (Å²) in [5.74, 6) is -3.64. The first-order valence-corrected chi connectivity index (χ1v) is 5.92. The van der Waals surface area contributed by atoms with Crippen LogP contribution >= 0.6 is 0 Å². The molecule has 7 heteroatoms. The Hall–Kier alpha value is -0.460. The zero-order valence-corrected chi connectivity index (χ0v) is 10.1. The molecule has 0 heterocycles. The third-order valence-corrected chi connectivity index (χ3v) is 2.69. The number of aliphatic hydroxyl groups is 1. The SMILES string of the molecule is CCCCCCCC(O)C(C(F)(F)F)C(F)(F)F. The van der Waals surface area contributed by atoms with Gasteiger partial charge >= 0.3 is 12.4 Å². The minimum atomic E-state index is -5.46. The Balaban J connectivity index is 4.29. The molecule has 0 amide bonds. The van der Waals surface area contributed by atoms with E-state index in [9.17, 15) is 26.3 Å². The molecule has 0 aliphatic carbocycles. The lowest BCUT2D eigenvalue weighted by molar-refractivity contribution is -0.306. The van der Waals surface area contributed by atoms with Crippen LogP contribution in [0.4, 0.5) is 26.3 Å². The van der Waals surface area contributed by atoms with Gasteiger partial charge in [0, 0.05) is 0 Å². The second kappa shape index (κ2) is 7.21. The number of rotatable bonds is 7. The molecule has 110 valence electrons. The van der Waals surface area contributed by atoms with Crippen LogP contribution in [0.25, 0.3) is 0 Å². The van der Waals surface area contributed by atoms with Crippen molar-refractivity contribution in [2.45, 2.75) is 63.9 Å². The maximum absolute atomic E-state index is 12.2. The minimum Gasteiger partial charge on any atom is -0.392 e. The molecule has 0 bridgehead atoms. The summed E-state index contributed by atoms with van der Waals surface area (Å²) in [6.07, 6.45) is -10.5. The molecule has 18 heavy (non-hydrogen) atoms. The van der Waals surface area contributed by atoms with Gasteiger partial charge in [0.15, 0.2) is 5.92 Å². The van der Waals surface area contributed by atoms with Crippen molar-refractivity contribution in [1.29, 1.82) is 0 Å². The molecule has 0 radical (unpaired) electrons. The average Bonchev–Trinajstić information content (AvgIpc) is 2.12. The highest BCUT2D eigenvalue weighted by Crippen LogP contribution is 2.42. The molecule has 0 spiro atoms. The fourth-order valence-electron chi connectivity index (χ4n) is 1.75. The molecule has 0 aromatic heterocycles. The zero-order valence-electron chi connectivity index (χ0n) is 10.1. The van der Waals surface area contributed by atoms with Crippen LogP contribution in [0.2, 0.25) is 0 Å². The van der Waals surface area contributed by atoms with Gasteiger partial charge in [-0.2, -0.15) is 26.3 Å². The van der Waals surface area contributed by atoms with Gasteiger partial charge in [-0.25, -0.2) is 0 Å². The van der Waals surface area contributed by atoms with Gasteiger partial charge in [-0.15, -0.1) is 0 Å². The summed E-state index contributed by atoms with van der Waals surface area (Å²) in [7, 11) is 0. The van der Waals surface area contributed by atoms with Crippen LogP contribution in [-0.2, 0) is 0 Å². The van der Waals surface area contributed by atoms with Gasteiger partial charge in [0.05, 0.1) is 6.10 Å². The summed E-state index contributed by atoms with van der Waals surface area (Å²) in [5, 5.41) is 9.10. The summed E-state index contributed by atoms with van der Waals surface area (Å²) >= 11 is 0. The van der Waals surface area contributed by atoms with Crippen LogP contribution in [0.1, 0.15) is 45.4 Å². The second-order valence-electron chi connectivity index (χ2n) is 4.33. The molecular weight excluding hydrogens is 262 g/mol. The Kier molecular flexibility index (Phi) is 7.02. The Bertz CT molecular complexity index is 209. The van der Waals surface area contributed by atoms with Crippen molar-refractivity contribution in [1.82, 2.24) is 0 Å². The van der Waals surface area contributed by atoms with E-state index in [1.54, 1.807) is 0 Å². The Morgan fingerprint density at radius 3 is 1.67 bits per heavy atom. The molecule has 1 N–H and O–H groups in total. The van der Waals surface area contributed by atoms with Crippen molar-refractivity contribution < 1.29 is 31.4 Å². The zero-order chi connectivity index (χ0) is 14.4. The molecule has 0 saturated carbocycles. The number of alkyl halides is 6. The predicted molar refractivity (Wildman–Crippen MR) is 55.0 cm³/mol. The summed E-state index contributed by atoms with van der Waals surface area (Å²) in [4.78, 5) is 0. The van der Waals surface area contributed by atoms with Crippen LogP contribution < -0.4 is 0 Å². The number of unbranched alkanes of at least 4 members (excludes halogenated alkanes) is 4. The molecule has 1 atom stereocenters. The van der Waals surface area contributed by atoms with E-state index in [-0.39, 0.29) is 6.42 Å². The highest BCUT2D eigenvalue weighted by Gasteiger charge is 2.59. The molecule has 0 aromatic carbocycles. The first-order valence-electron chi connectivity index (χ1n) is 5.92. The molecular formula is C11H18F6O. The lowest BCUT2D eigenvalue weighted by atomic mass is 9.96. The van der Waals surface area contributed by atoms with E-state index in [1.807, 2.05) is 6.92 Å². The summed E-state index contributed by atoms with van der Waals surface area (Å²) in [6.45, 7) is 1.94. The second-order valence-corrected chi connectivity index (χ2v) is 4.33. The smallest absolute Gasteiger partial charge is 0.392 e. The van der Waals surface area contributed by atoms with Crippen molar-refractivity contribution in [3.63, 3.8) is 0 Å². The van der Waals surface area contributed by atoms with Crippen molar-refractivity contribution >= 4 is 0 Å². The number of aliphatic hydroxyl groups excluding tert-OH is 1. The largest absolute Gasteiger partial charge is 0.403 e. The lowest BCUT2D eigenvalue weighted by Gasteiger charge is -2.27. The molecule has 0 aliphatic rings. The quantitative estimate of drug-likeness (QED) is 0.539. The average molecular weight is 280 g/mol. The van der Waals surface area contributed by atoms with E-state index >= 15 is 0 Å². The third kappa shape index (κ3) is 6.47. The van der Waals surface area contributed by atoms with Crippen LogP contribution in [0, 0.1) is 5.92 Å². The topological polar surface area (TPSA) is 20.2 Å².